The molecular weight excluding hydrogens is 769 g/mol. The van der Waals surface area contributed by atoms with E-state index in [-0.39, 0.29) is 31.1 Å². The molecular formula is C56H96O6. The molecule has 0 N–H and O–H groups in total. The number of ether oxygens (including phenoxy) is 3. The number of carbonyl (C=O) groups excluding carboxylic acids is 3. The fraction of sp³-hybridized carbons (Fsp3) is 0.732. The van der Waals surface area contributed by atoms with Crippen LogP contribution in [0.4, 0.5) is 0 Å². The number of esters is 3. The molecule has 1 atom stereocenters. The van der Waals surface area contributed by atoms with E-state index >= 15 is 0 Å². The van der Waals surface area contributed by atoms with Crippen molar-refractivity contribution in [3.8, 4) is 0 Å². The second-order valence-corrected chi connectivity index (χ2v) is 17.1. The van der Waals surface area contributed by atoms with Crippen molar-refractivity contribution < 1.29 is 28.6 Å². The van der Waals surface area contributed by atoms with E-state index < -0.39 is 6.10 Å². The Morgan fingerprint density at radius 2 is 0.661 bits per heavy atom. The molecule has 0 aromatic carbocycles. The molecule has 0 aliphatic carbocycles. The molecule has 0 spiro atoms. The lowest BCUT2D eigenvalue weighted by Crippen LogP contribution is -2.30. The molecule has 0 aromatic rings. The van der Waals surface area contributed by atoms with E-state index in [1.807, 2.05) is 18.2 Å². The minimum Gasteiger partial charge on any atom is -0.462 e. The summed E-state index contributed by atoms with van der Waals surface area (Å²) in [5, 5.41) is 0. The molecule has 0 aliphatic heterocycles. The van der Waals surface area contributed by atoms with Gasteiger partial charge in [0.15, 0.2) is 6.10 Å². The highest BCUT2D eigenvalue weighted by molar-refractivity contribution is 5.71. The molecule has 6 heteroatoms. The van der Waals surface area contributed by atoms with Gasteiger partial charge in [0.1, 0.15) is 13.2 Å². The lowest BCUT2D eigenvalue weighted by atomic mass is 10.1. The van der Waals surface area contributed by atoms with Crippen molar-refractivity contribution in [3.05, 3.63) is 72.9 Å². The number of carbonyl (C=O) groups is 3. The molecule has 6 nitrogen and oxygen atoms in total. The highest BCUT2D eigenvalue weighted by Crippen LogP contribution is 2.14. The summed E-state index contributed by atoms with van der Waals surface area (Å²) in [7, 11) is 0. The molecule has 0 aromatic heterocycles. The summed E-state index contributed by atoms with van der Waals surface area (Å²) >= 11 is 0. The first-order valence-electron chi connectivity index (χ1n) is 26.0. The Hall–Kier alpha value is -3.15. The molecule has 1 unspecified atom stereocenters. The molecule has 0 fully saturated rings. The summed E-state index contributed by atoms with van der Waals surface area (Å²) in [6.07, 6.45) is 63.1. The quantitative estimate of drug-likeness (QED) is 0.0199. The van der Waals surface area contributed by atoms with Crippen LogP contribution in [0.15, 0.2) is 72.9 Å². The van der Waals surface area contributed by atoms with Crippen LogP contribution < -0.4 is 0 Å². The first-order valence-corrected chi connectivity index (χ1v) is 26.0. The highest BCUT2D eigenvalue weighted by Gasteiger charge is 2.19. The summed E-state index contributed by atoms with van der Waals surface area (Å²) in [5.41, 5.74) is 0. The Morgan fingerprint density at radius 1 is 0.339 bits per heavy atom. The Morgan fingerprint density at radius 3 is 1.08 bits per heavy atom. The molecule has 0 bridgehead atoms. The van der Waals surface area contributed by atoms with E-state index in [2.05, 4.69) is 75.5 Å². The van der Waals surface area contributed by atoms with Gasteiger partial charge in [-0.3, -0.25) is 14.4 Å². The van der Waals surface area contributed by atoms with Crippen LogP contribution in [0.2, 0.25) is 0 Å². The average molecular weight is 865 g/mol. The fourth-order valence-electron chi connectivity index (χ4n) is 7.07. The second kappa shape index (κ2) is 50.5. The number of rotatable bonds is 46. The third-order valence-corrected chi connectivity index (χ3v) is 11.0. The monoisotopic (exact) mass is 865 g/mol. The smallest absolute Gasteiger partial charge is 0.306 e. The zero-order chi connectivity index (χ0) is 45.1. The molecule has 0 amide bonds. The summed E-state index contributed by atoms with van der Waals surface area (Å²) in [6, 6.07) is 0. The summed E-state index contributed by atoms with van der Waals surface area (Å²) < 4.78 is 16.8. The number of hydrogen-bond donors (Lipinski definition) is 0. The fourth-order valence-corrected chi connectivity index (χ4v) is 7.07. The van der Waals surface area contributed by atoms with Crippen molar-refractivity contribution in [2.75, 3.05) is 13.2 Å². The van der Waals surface area contributed by atoms with Crippen LogP contribution in [0.1, 0.15) is 245 Å². The normalized spacial score (nSPS) is 12.6. The Balaban J connectivity index is 4.40. The minimum atomic E-state index is -0.793. The SMILES string of the molecule is CC\C=C/C=C\C=C/C=C\CCCCCCCC(=O)OC(COC(=O)CCCCCCC/C=C\CCCC)COC(=O)CCCCCCC/C=C\CCCCCCCCCCC. The predicted molar refractivity (Wildman–Crippen MR) is 265 cm³/mol. The Bertz CT molecular complexity index is 1180. The second-order valence-electron chi connectivity index (χ2n) is 17.1. The van der Waals surface area contributed by atoms with Crippen molar-refractivity contribution in [2.45, 2.75) is 252 Å². The van der Waals surface area contributed by atoms with Crippen LogP contribution in [-0.4, -0.2) is 37.2 Å². The van der Waals surface area contributed by atoms with Gasteiger partial charge >= 0.3 is 17.9 Å². The van der Waals surface area contributed by atoms with Gasteiger partial charge in [-0.05, 0) is 83.5 Å². The van der Waals surface area contributed by atoms with E-state index in [1.54, 1.807) is 0 Å². The third kappa shape index (κ3) is 47.9. The number of hydrogen-bond acceptors (Lipinski definition) is 6. The molecule has 0 rings (SSSR count). The van der Waals surface area contributed by atoms with Crippen LogP contribution in [0.25, 0.3) is 0 Å². The first-order chi connectivity index (χ1) is 30.5. The van der Waals surface area contributed by atoms with E-state index in [0.29, 0.717) is 19.3 Å². The van der Waals surface area contributed by atoms with Crippen molar-refractivity contribution in [1.82, 2.24) is 0 Å². The van der Waals surface area contributed by atoms with Crippen molar-refractivity contribution >= 4 is 17.9 Å². The lowest BCUT2D eigenvalue weighted by Gasteiger charge is -2.18. The van der Waals surface area contributed by atoms with Gasteiger partial charge in [0, 0.05) is 19.3 Å². The molecule has 0 aliphatic rings. The molecule has 0 saturated heterocycles. The van der Waals surface area contributed by atoms with Crippen LogP contribution >= 0.6 is 0 Å². The maximum Gasteiger partial charge on any atom is 0.306 e. The zero-order valence-corrected chi connectivity index (χ0v) is 40.6. The predicted octanol–water partition coefficient (Wildman–Crippen LogP) is 17.0. The largest absolute Gasteiger partial charge is 0.462 e. The minimum absolute atomic E-state index is 0.0922. The Labute approximate surface area is 382 Å². The van der Waals surface area contributed by atoms with Gasteiger partial charge in [-0.15, -0.1) is 0 Å². The van der Waals surface area contributed by atoms with Gasteiger partial charge < -0.3 is 14.2 Å². The molecule has 0 radical (unpaired) electrons. The van der Waals surface area contributed by atoms with Gasteiger partial charge in [0.25, 0.3) is 0 Å². The molecule has 62 heavy (non-hydrogen) atoms. The summed E-state index contributed by atoms with van der Waals surface area (Å²) in [4.78, 5) is 37.9. The molecule has 0 saturated carbocycles. The van der Waals surface area contributed by atoms with Crippen molar-refractivity contribution in [1.29, 1.82) is 0 Å². The van der Waals surface area contributed by atoms with Gasteiger partial charge in [-0.2, -0.15) is 0 Å². The molecule has 356 valence electrons. The van der Waals surface area contributed by atoms with E-state index in [4.69, 9.17) is 14.2 Å². The summed E-state index contributed by atoms with van der Waals surface area (Å²) in [5.74, 6) is -0.932. The molecule has 0 heterocycles. The average Bonchev–Trinajstić information content (AvgIpc) is 3.27. The first kappa shape index (κ1) is 58.9. The lowest BCUT2D eigenvalue weighted by molar-refractivity contribution is -0.167. The number of unbranched alkanes of at least 4 members (excludes halogenated alkanes) is 26. The van der Waals surface area contributed by atoms with Gasteiger partial charge in [-0.25, -0.2) is 0 Å². The van der Waals surface area contributed by atoms with E-state index in [9.17, 15) is 14.4 Å². The van der Waals surface area contributed by atoms with Gasteiger partial charge in [0.05, 0.1) is 0 Å². The van der Waals surface area contributed by atoms with Crippen molar-refractivity contribution in [3.63, 3.8) is 0 Å². The summed E-state index contributed by atoms with van der Waals surface area (Å²) in [6.45, 7) is 6.43. The zero-order valence-electron chi connectivity index (χ0n) is 40.6. The van der Waals surface area contributed by atoms with Crippen LogP contribution in [0.3, 0.4) is 0 Å². The van der Waals surface area contributed by atoms with E-state index in [0.717, 1.165) is 96.3 Å². The standard InChI is InChI=1S/C56H96O6/c1-4-7-10-13-16-19-22-24-26-27-28-30-31-34-37-40-43-46-49-55(58)61-52-53(51-60-54(57)48-45-42-39-36-33-21-18-15-12-9-6-3)62-56(59)50-47-44-41-38-35-32-29-25-23-20-17-14-11-8-5-2/h8,11,14-15,17-18,20,23,25,28-30,53H,4-7,9-10,12-13,16,19,21-22,24,26-27,31-52H2,1-3H3/b11-8-,17-14-,18-15-,23-20-,29-25-,30-28-. The third-order valence-electron chi connectivity index (χ3n) is 11.0. The maximum atomic E-state index is 12.8. The van der Waals surface area contributed by atoms with Crippen LogP contribution in [0, 0.1) is 0 Å². The topological polar surface area (TPSA) is 78.9 Å². The van der Waals surface area contributed by atoms with Crippen molar-refractivity contribution in [2.24, 2.45) is 0 Å². The van der Waals surface area contributed by atoms with Crippen LogP contribution in [-0.2, 0) is 28.6 Å². The maximum absolute atomic E-state index is 12.8. The van der Waals surface area contributed by atoms with Gasteiger partial charge in [-0.1, -0.05) is 216 Å². The van der Waals surface area contributed by atoms with Gasteiger partial charge in [0.2, 0.25) is 0 Å². The highest BCUT2D eigenvalue weighted by atomic mass is 16.6. The Kier molecular flexibility index (Phi) is 47.9. The number of allylic oxidation sites excluding steroid dienone is 12. The van der Waals surface area contributed by atoms with Crippen LogP contribution in [0.5, 0.6) is 0 Å². The van der Waals surface area contributed by atoms with E-state index in [1.165, 1.54) is 109 Å².